The standard InChI is InChI=1S/C19H43NSi.Li.H/c1-6-8-10-12-14-16-18-20(21(3,4)5)19-17-15-13-11-9-7-2;;/h6-19H2,1-5H3;;/q;+1;-1. The first-order valence-electron chi connectivity index (χ1n) is 9.77. The molecule has 130 valence electrons. The van der Waals surface area contributed by atoms with Gasteiger partial charge in [-0.1, -0.05) is 97.7 Å². The molecule has 3 heteroatoms. The van der Waals surface area contributed by atoms with E-state index in [-0.39, 0.29) is 20.3 Å². The van der Waals surface area contributed by atoms with Gasteiger partial charge >= 0.3 is 18.9 Å². The fourth-order valence-corrected chi connectivity index (χ4v) is 4.61. The summed E-state index contributed by atoms with van der Waals surface area (Å²) in [6.45, 7) is 14.9. The molecule has 0 aliphatic rings. The van der Waals surface area contributed by atoms with Gasteiger partial charge in [0, 0.05) is 0 Å². The van der Waals surface area contributed by atoms with Crippen LogP contribution in [-0.2, 0) is 0 Å². The van der Waals surface area contributed by atoms with Crippen molar-refractivity contribution in [3.63, 3.8) is 0 Å². The second-order valence-corrected chi connectivity index (χ2v) is 12.7. The second-order valence-electron chi connectivity index (χ2n) is 7.69. The molecule has 0 fully saturated rings. The zero-order valence-electron chi connectivity index (χ0n) is 17.8. The Morgan fingerprint density at radius 1 is 0.591 bits per heavy atom. The Kier molecular flexibility index (Phi) is 18.9. The summed E-state index contributed by atoms with van der Waals surface area (Å²) >= 11 is 0. The summed E-state index contributed by atoms with van der Waals surface area (Å²) in [5.41, 5.74) is 0. The Balaban J connectivity index is -0.00000200. The molecule has 0 aliphatic carbocycles. The van der Waals surface area contributed by atoms with Gasteiger partial charge in [-0.3, -0.25) is 0 Å². The normalized spacial score (nSPS) is 11.7. The fraction of sp³-hybridized carbons (Fsp3) is 1.00. The van der Waals surface area contributed by atoms with Crippen LogP contribution < -0.4 is 18.9 Å². The van der Waals surface area contributed by atoms with Crippen LogP contribution in [0, 0.1) is 0 Å². The predicted octanol–water partition coefficient (Wildman–Crippen LogP) is 3.96. The van der Waals surface area contributed by atoms with Crippen LogP contribution in [0.2, 0.25) is 19.6 Å². The van der Waals surface area contributed by atoms with Crippen LogP contribution in [0.1, 0.15) is 92.3 Å². The van der Waals surface area contributed by atoms with Crippen LogP contribution in [-0.4, -0.2) is 25.9 Å². The van der Waals surface area contributed by atoms with Gasteiger partial charge < -0.3 is 5.99 Å². The molecule has 0 amide bonds. The Morgan fingerprint density at radius 3 is 1.23 bits per heavy atom. The average Bonchev–Trinajstić information content (AvgIpc) is 2.42. The predicted molar refractivity (Wildman–Crippen MR) is 103 cm³/mol. The van der Waals surface area contributed by atoms with Gasteiger partial charge in [0.1, 0.15) is 8.24 Å². The molecule has 0 unspecified atom stereocenters. The van der Waals surface area contributed by atoms with Crippen molar-refractivity contribution in [3.05, 3.63) is 0 Å². The topological polar surface area (TPSA) is 3.24 Å². The van der Waals surface area contributed by atoms with E-state index >= 15 is 0 Å². The van der Waals surface area contributed by atoms with Crippen molar-refractivity contribution in [3.8, 4) is 0 Å². The summed E-state index contributed by atoms with van der Waals surface area (Å²) in [6, 6.07) is 0. The third-order valence-electron chi connectivity index (χ3n) is 4.51. The van der Waals surface area contributed by atoms with E-state index in [1.54, 1.807) is 0 Å². The summed E-state index contributed by atoms with van der Waals surface area (Å²) in [4.78, 5) is 0. The number of unbranched alkanes of at least 4 members (excludes halogenated alkanes) is 10. The van der Waals surface area contributed by atoms with Crippen LogP contribution in [0.3, 0.4) is 0 Å². The maximum absolute atomic E-state index is 2.85. The SMILES string of the molecule is CCCCCCCCN(CCCCCCCC)[Si](C)(C)C.[H-].[Li+]. The van der Waals surface area contributed by atoms with Gasteiger partial charge in [0.25, 0.3) is 0 Å². The Morgan fingerprint density at radius 2 is 0.909 bits per heavy atom. The summed E-state index contributed by atoms with van der Waals surface area (Å²) in [7, 11) is -1.10. The molecule has 22 heavy (non-hydrogen) atoms. The van der Waals surface area contributed by atoms with E-state index in [1.807, 2.05) is 0 Å². The molecule has 0 saturated heterocycles. The van der Waals surface area contributed by atoms with Crippen LogP contribution >= 0.6 is 0 Å². The maximum Gasteiger partial charge on any atom is 1.00 e. The first kappa shape index (κ1) is 25.0. The first-order valence-corrected chi connectivity index (χ1v) is 13.2. The van der Waals surface area contributed by atoms with Crippen LogP contribution in [0.25, 0.3) is 0 Å². The molecule has 1 nitrogen and oxygen atoms in total. The Labute approximate surface area is 156 Å². The molecule has 0 bridgehead atoms. The van der Waals surface area contributed by atoms with Crippen LogP contribution in [0.15, 0.2) is 0 Å². The summed E-state index contributed by atoms with van der Waals surface area (Å²) in [5.74, 6) is 0. The molecule has 0 radical (unpaired) electrons. The average molecular weight is 322 g/mol. The van der Waals surface area contributed by atoms with E-state index in [0.29, 0.717) is 0 Å². The smallest absolute Gasteiger partial charge is 1.00 e. The molecular weight excluding hydrogens is 277 g/mol. The molecule has 0 saturated carbocycles. The van der Waals surface area contributed by atoms with Crippen molar-refractivity contribution < 1.29 is 20.3 Å². The van der Waals surface area contributed by atoms with E-state index in [2.05, 4.69) is 38.1 Å². The number of nitrogens with zero attached hydrogens (tertiary/aromatic N) is 1. The van der Waals surface area contributed by atoms with Crippen molar-refractivity contribution in [1.29, 1.82) is 0 Å². The fourth-order valence-electron chi connectivity index (χ4n) is 2.95. The zero-order chi connectivity index (χ0) is 16.0. The van der Waals surface area contributed by atoms with Crippen LogP contribution in [0.4, 0.5) is 0 Å². The van der Waals surface area contributed by atoms with Crippen LogP contribution in [0.5, 0.6) is 0 Å². The number of hydrogen-bond acceptors (Lipinski definition) is 1. The van der Waals surface area contributed by atoms with Gasteiger partial charge in [0.2, 0.25) is 0 Å². The molecule has 0 aromatic carbocycles. The third kappa shape index (κ3) is 15.7. The van der Waals surface area contributed by atoms with Gasteiger partial charge in [0.05, 0.1) is 0 Å². The molecule has 0 rings (SSSR count). The molecule has 0 atom stereocenters. The summed E-state index contributed by atoms with van der Waals surface area (Å²) in [5, 5.41) is 0. The maximum atomic E-state index is 2.85. The molecule has 0 N–H and O–H groups in total. The number of hydrogen-bond donors (Lipinski definition) is 0. The molecule has 0 aliphatic heterocycles. The third-order valence-corrected chi connectivity index (χ3v) is 6.86. The molecule has 0 spiro atoms. The van der Waals surface area contributed by atoms with Gasteiger partial charge in [0.15, 0.2) is 0 Å². The molecule has 0 heterocycles. The molecule has 0 aromatic rings. The van der Waals surface area contributed by atoms with Gasteiger partial charge in [-0.05, 0) is 25.9 Å². The zero-order valence-corrected chi connectivity index (χ0v) is 17.8. The van der Waals surface area contributed by atoms with Crippen molar-refractivity contribution in [2.24, 2.45) is 0 Å². The first-order chi connectivity index (χ1) is 10.0. The van der Waals surface area contributed by atoms with E-state index in [9.17, 15) is 0 Å². The quantitative estimate of drug-likeness (QED) is 0.326. The summed E-state index contributed by atoms with van der Waals surface area (Å²) in [6.07, 6.45) is 17.1. The van der Waals surface area contributed by atoms with E-state index < -0.39 is 8.24 Å². The van der Waals surface area contributed by atoms with Crippen molar-refractivity contribution in [2.45, 2.75) is 111 Å². The van der Waals surface area contributed by atoms with Crippen molar-refractivity contribution in [2.75, 3.05) is 13.1 Å². The minimum atomic E-state index is -1.10. The number of rotatable bonds is 15. The molecule has 0 aromatic heterocycles. The van der Waals surface area contributed by atoms with E-state index in [1.165, 1.54) is 90.1 Å². The summed E-state index contributed by atoms with van der Waals surface area (Å²) < 4.78 is 2.85. The minimum Gasteiger partial charge on any atom is -1.00 e. The Bertz CT molecular complexity index is 206. The largest absolute Gasteiger partial charge is 1.00 e. The van der Waals surface area contributed by atoms with Crippen molar-refractivity contribution >= 4 is 8.24 Å². The van der Waals surface area contributed by atoms with Gasteiger partial charge in [-0.25, -0.2) is 0 Å². The second kappa shape index (κ2) is 16.6. The van der Waals surface area contributed by atoms with Crippen molar-refractivity contribution in [1.82, 2.24) is 4.57 Å². The minimum absolute atomic E-state index is 0. The van der Waals surface area contributed by atoms with Gasteiger partial charge in [-0.2, -0.15) is 0 Å². The van der Waals surface area contributed by atoms with E-state index in [4.69, 9.17) is 0 Å². The molecular formula is C19H44LiNSi. The monoisotopic (exact) mass is 321 g/mol. The van der Waals surface area contributed by atoms with E-state index in [0.717, 1.165) is 0 Å². The Hall–Kier alpha value is 0.774. The van der Waals surface area contributed by atoms with Gasteiger partial charge in [-0.15, -0.1) is 0 Å².